The van der Waals surface area contributed by atoms with Crippen molar-refractivity contribution in [2.75, 3.05) is 5.32 Å². The summed E-state index contributed by atoms with van der Waals surface area (Å²) < 4.78 is 25.8. The molecule has 19 heavy (non-hydrogen) atoms. The van der Waals surface area contributed by atoms with E-state index in [1.165, 1.54) is 12.1 Å². The highest BCUT2D eigenvalue weighted by atomic mass is 19.1. The Kier molecular flexibility index (Phi) is 3.70. The van der Waals surface area contributed by atoms with Crippen molar-refractivity contribution in [1.29, 1.82) is 0 Å². The summed E-state index contributed by atoms with van der Waals surface area (Å²) in [6.07, 6.45) is 0. The lowest BCUT2D eigenvalue weighted by molar-refractivity contribution is -0.384. The molecule has 0 heterocycles. The second-order valence-electron chi connectivity index (χ2n) is 3.90. The zero-order valence-electron chi connectivity index (χ0n) is 9.77. The third kappa shape index (κ3) is 3.25. The number of hydrogen-bond acceptors (Lipinski definition) is 3. The van der Waals surface area contributed by atoms with E-state index in [9.17, 15) is 18.9 Å². The van der Waals surface area contributed by atoms with Gasteiger partial charge in [-0.15, -0.1) is 0 Å². The van der Waals surface area contributed by atoms with Crippen LogP contribution in [0.4, 0.5) is 20.2 Å². The third-order valence-electron chi connectivity index (χ3n) is 2.55. The van der Waals surface area contributed by atoms with Crippen LogP contribution in [-0.4, -0.2) is 4.92 Å². The maximum absolute atomic E-state index is 13.1. The first-order valence-electron chi connectivity index (χ1n) is 5.48. The van der Waals surface area contributed by atoms with Crippen molar-refractivity contribution in [3.8, 4) is 0 Å². The Labute approximate surface area is 107 Å². The van der Waals surface area contributed by atoms with Gasteiger partial charge in [0.15, 0.2) is 0 Å². The number of nitro groups is 1. The maximum atomic E-state index is 13.1. The second kappa shape index (κ2) is 5.43. The predicted octanol–water partition coefficient (Wildman–Crippen LogP) is 3.49. The van der Waals surface area contributed by atoms with Crippen LogP contribution >= 0.6 is 0 Å². The summed E-state index contributed by atoms with van der Waals surface area (Å²) in [4.78, 5) is 10.2. The molecule has 2 rings (SSSR count). The van der Waals surface area contributed by atoms with Crippen molar-refractivity contribution >= 4 is 11.4 Å². The van der Waals surface area contributed by atoms with Gasteiger partial charge in [-0.2, -0.15) is 0 Å². The Morgan fingerprint density at radius 3 is 2.32 bits per heavy atom. The molecule has 0 aliphatic heterocycles. The highest BCUT2D eigenvalue weighted by molar-refractivity contribution is 5.61. The summed E-state index contributed by atoms with van der Waals surface area (Å²) in [5.41, 5.74) is 0.623. The normalized spacial score (nSPS) is 10.2. The van der Waals surface area contributed by atoms with Gasteiger partial charge in [0.05, 0.1) is 4.92 Å². The number of anilines is 1. The standard InChI is InChI=1S/C13H10F2N2O2/c14-10-3-1-9(2-4-10)8-16-12-7-11(15)5-6-13(12)17(18)19/h1-7,16H,8H2. The first-order chi connectivity index (χ1) is 9.06. The molecule has 6 heteroatoms. The molecule has 0 aromatic heterocycles. The topological polar surface area (TPSA) is 55.2 Å². The van der Waals surface area contributed by atoms with E-state index in [1.54, 1.807) is 12.1 Å². The molecular formula is C13H10F2N2O2. The van der Waals surface area contributed by atoms with Crippen molar-refractivity contribution in [1.82, 2.24) is 0 Å². The minimum atomic E-state index is -0.591. The average Bonchev–Trinajstić information content (AvgIpc) is 2.38. The van der Waals surface area contributed by atoms with Crippen LogP contribution in [-0.2, 0) is 6.54 Å². The number of benzene rings is 2. The molecule has 0 saturated carbocycles. The molecule has 0 spiro atoms. The summed E-state index contributed by atoms with van der Waals surface area (Å²) in [6.45, 7) is 0.241. The minimum Gasteiger partial charge on any atom is -0.375 e. The lowest BCUT2D eigenvalue weighted by Gasteiger charge is -2.07. The molecule has 2 aromatic carbocycles. The van der Waals surface area contributed by atoms with E-state index in [0.29, 0.717) is 0 Å². The molecular weight excluding hydrogens is 254 g/mol. The Morgan fingerprint density at radius 1 is 1.05 bits per heavy atom. The van der Waals surface area contributed by atoms with Gasteiger partial charge in [-0.05, 0) is 23.8 Å². The fraction of sp³-hybridized carbons (Fsp3) is 0.0769. The Morgan fingerprint density at radius 2 is 1.68 bits per heavy atom. The van der Waals surface area contributed by atoms with Crippen LogP contribution in [0.2, 0.25) is 0 Å². The summed E-state index contributed by atoms with van der Waals surface area (Å²) in [6, 6.07) is 8.86. The van der Waals surface area contributed by atoms with Crippen LogP contribution in [0.5, 0.6) is 0 Å². The molecule has 4 nitrogen and oxygen atoms in total. The molecule has 0 radical (unpaired) electrons. The second-order valence-corrected chi connectivity index (χ2v) is 3.90. The third-order valence-corrected chi connectivity index (χ3v) is 2.55. The molecule has 0 unspecified atom stereocenters. The number of halogens is 2. The maximum Gasteiger partial charge on any atom is 0.292 e. The van der Waals surface area contributed by atoms with E-state index in [0.717, 1.165) is 23.8 Å². The van der Waals surface area contributed by atoms with E-state index in [4.69, 9.17) is 0 Å². The van der Waals surface area contributed by atoms with E-state index in [2.05, 4.69) is 5.32 Å². The van der Waals surface area contributed by atoms with Gasteiger partial charge in [-0.25, -0.2) is 8.78 Å². The molecule has 0 atom stereocenters. The lowest BCUT2D eigenvalue weighted by atomic mass is 10.2. The van der Waals surface area contributed by atoms with Gasteiger partial charge in [0.2, 0.25) is 0 Å². The number of nitrogens with zero attached hydrogens (tertiary/aromatic N) is 1. The Hall–Kier alpha value is -2.50. The first-order valence-corrected chi connectivity index (χ1v) is 5.48. The number of nitro benzene ring substituents is 1. The van der Waals surface area contributed by atoms with Gasteiger partial charge in [0, 0.05) is 18.7 Å². The van der Waals surface area contributed by atoms with Crippen LogP contribution in [0.25, 0.3) is 0 Å². The van der Waals surface area contributed by atoms with Crippen LogP contribution in [0.15, 0.2) is 42.5 Å². The highest BCUT2D eigenvalue weighted by Crippen LogP contribution is 2.25. The van der Waals surface area contributed by atoms with Crippen molar-refractivity contribution in [3.63, 3.8) is 0 Å². The van der Waals surface area contributed by atoms with Crippen molar-refractivity contribution in [3.05, 3.63) is 69.8 Å². The Bertz CT molecular complexity index is 600. The molecule has 0 aliphatic rings. The lowest BCUT2D eigenvalue weighted by Crippen LogP contribution is -2.03. The highest BCUT2D eigenvalue weighted by Gasteiger charge is 2.13. The molecule has 98 valence electrons. The van der Waals surface area contributed by atoms with Gasteiger partial charge < -0.3 is 5.32 Å². The molecule has 0 amide bonds. The zero-order valence-corrected chi connectivity index (χ0v) is 9.77. The molecule has 0 aliphatic carbocycles. The van der Waals surface area contributed by atoms with E-state index in [1.807, 2.05) is 0 Å². The van der Waals surface area contributed by atoms with Crippen molar-refractivity contribution in [2.45, 2.75) is 6.54 Å². The van der Waals surface area contributed by atoms with E-state index >= 15 is 0 Å². The van der Waals surface area contributed by atoms with Crippen LogP contribution < -0.4 is 5.32 Å². The summed E-state index contributed by atoms with van der Waals surface area (Å²) in [7, 11) is 0. The number of nitrogens with one attached hydrogen (secondary N) is 1. The van der Waals surface area contributed by atoms with Gasteiger partial charge in [0.1, 0.15) is 17.3 Å². The first kappa shape index (κ1) is 12.9. The number of hydrogen-bond donors (Lipinski definition) is 1. The molecule has 0 saturated heterocycles. The van der Waals surface area contributed by atoms with E-state index in [-0.39, 0.29) is 23.7 Å². The molecule has 2 aromatic rings. The fourth-order valence-corrected chi connectivity index (χ4v) is 1.61. The zero-order chi connectivity index (χ0) is 13.8. The van der Waals surface area contributed by atoms with Crippen molar-refractivity contribution in [2.24, 2.45) is 0 Å². The largest absolute Gasteiger partial charge is 0.375 e. The smallest absolute Gasteiger partial charge is 0.292 e. The fourth-order valence-electron chi connectivity index (χ4n) is 1.61. The quantitative estimate of drug-likeness (QED) is 0.679. The van der Waals surface area contributed by atoms with Crippen molar-refractivity contribution < 1.29 is 13.7 Å². The SMILES string of the molecule is O=[N+]([O-])c1ccc(F)cc1NCc1ccc(F)cc1. The molecule has 0 bridgehead atoms. The molecule has 0 fully saturated rings. The summed E-state index contributed by atoms with van der Waals surface area (Å²) in [5, 5.41) is 13.5. The summed E-state index contributed by atoms with van der Waals surface area (Å²) in [5.74, 6) is -0.923. The van der Waals surface area contributed by atoms with Gasteiger partial charge in [-0.1, -0.05) is 12.1 Å². The van der Waals surface area contributed by atoms with Crippen LogP contribution in [0.3, 0.4) is 0 Å². The van der Waals surface area contributed by atoms with Crippen LogP contribution in [0.1, 0.15) is 5.56 Å². The number of rotatable bonds is 4. The van der Waals surface area contributed by atoms with Gasteiger partial charge in [0.25, 0.3) is 5.69 Å². The van der Waals surface area contributed by atoms with Gasteiger partial charge in [-0.3, -0.25) is 10.1 Å². The van der Waals surface area contributed by atoms with Crippen LogP contribution in [0, 0.1) is 21.7 Å². The van der Waals surface area contributed by atoms with Gasteiger partial charge >= 0.3 is 0 Å². The Balaban J connectivity index is 2.16. The minimum absolute atomic E-state index is 0.0920. The predicted molar refractivity (Wildman–Crippen MR) is 66.8 cm³/mol. The summed E-state index contributed by atoms with van der Waals surface area (Å²) >= 11 is 0. The van der Waals surface area contributed by atoms with E-state index < -0.39 is 10.7 Å². The molecule has 1 N–H and O–H groups in total. The average molecular weight is 264 g/mol. The monoisotopic (exact) mass is 264 g/mol.